The van der Waals surface area contributed by atoms with Crippen LogP contribution in [0, 0.1) is 0 Å². The van der Waals surface area contributed by atoms with Gasteiger partial charge in [0.1, 0.15) is 0 Å². The van der Waals surface area contributed by atoms with Crippen molar-refractivity contribution in [1.29, 1.82) is 0 Å². The van der Waals surface area contributed by atoms with Crippen LogP contribution in [-0.2, 0) is 6.54 Å². The Labute approximate surface area is 149 Å². The first-order valence-corrected chi connectivity index (χ1v) is 9.35. The molecule has 1 aromatic carbocycles. The molecule has 5 nitrogen and oxygen atoms in total. The molecule has 134 valence electrons. The lowest BCUT2D eigenvalue weighted by molar-refractivity contribution is 0.354. The van der Waals surface area contributed by atoms with Crippen LogP contribution >= 0.6 is 11.8 Å². The lowest BCUT2D eigenvalue weighted by Gasteiger charge is -2.39. The maximum Gasteiger partial charge on any atom is 0.194 e. The molecule has 0 saturated carbocycles. The van der Waals surface area contributed by atoms with E-state index in [0.717, 1.165) is 48.4 Å². The van der Waals surface area contributed by atoms with Gasteiger partial charge in [-0.05, 0) is 38.5 Å². The normalized spacial score (nSPS) is 17.5. The van der Waals surface area contributed by atoms with Crippen molar-refractivity contribution in [1.82, 2.24) is 10.2 Å². The fourth-order valence-electron chi connectivity index (χ4n) is 2.77. The molecule has 1 fully saturated rings. The van der Waals surface area contributed by atoms with E-state index in [0.29, 0.717) is 6.54 Å². The SMILES string of the molecule is CCNC(=NCc1ccc(OC)c(OC)c1)N1CCSC(C)(C)C1. The second-order valence-electron chi connectivity index (χ2n) is 6.39. The van der Waals surface area contributed by atoms with Gasteiger partial charge in [-0.2, -0.15) is 11.8 Å². The maximum absolute atomic E-state index is 5.37. The summed E-state index contributed by atoms with van der Waals surface area (Å²) in [5.74, 6) is 3.60. The summed E-state index contributed by atoms with van der Waals surface area (Å²) >= 11 is 2.03. The highest BCUT2D eigenvalue weighted by Crippen LogP contribution is 2.30. The van der Waals surface area contributed by atoms with Gasteiger partial charge in [0, 0.05) is 30.1 Å². The summed E-state index contributed by atoms with van der Waals surface area (Å²) in [5.41, 5.74) is 1.11. The molecule has 0 amide bonds. The van der Waals surface area contributed by atoms with Crippen LogP contribution in [0.4, 0.5) is 0 Å². The third-order valence-corrected chi connectivity index (χ3v) is 5.22. The number of ether oxygens (including phenoxy) is 2. The van der Waals surface area contributed by atoms with Crippen LogP contribution < -0.4 is 14.8 Å². The first-order valence-electron chi connectivity index (χ1n) is 8.37. The number of nitrogens with one attached hydrogen (secondary N) is 1. The molecule has 1 saturated heterocycles. The van der Waals surface area contributed by atoms with Gasteiger partial charge in [0.25, 0.3) is 0 Å². The van der Waals surface area contributed by atoms with Gasteiger partial charge in [0.15, 0.2) is 17.5 Å². The molecule has 0 atom stereocenters. The van der Waals surface area contributed by atoms with Crippen LogP contribution in [0.5, 0.6) is 11.5 Å². The summed E-state index contributed by atoms with van der Waals surface area (Å²) < 4.78 is 10.9. The predicted molar refractivity (Wildman–Crippen MR) is 102 cm³/mol. The fraction of sp³-hybridized carbons (Fsp3) is 0.611. The van der Waals surface area contributed by atoms with E-state index >= 15 is 0 Å². The van der Waals surface area contributed by atoms with Crippen LogP contribution in [0.2, 0.25) is 0 Å². The van der Waals surface area contributed by atoms with E-state index in [4.69, 9.17) is 14.5 Å². The number of rotatable bonds is 5. The quantitative estimate of drug-likeness (QED) is 0.653. The molecule has 6 heteroatoms. The monoisotopic (exact) mass is 351 g/mol. The lowest BCUT2D eigenvalue weighted by Crippen LogP contribution is -2.50. The first-order chi connectivity index (χ1) is 11.5. The topological polar surface area (TPSA) is 46.1 Å². The Balaban J connectivity index is 2.13. The molecular formula is C18H29N3O2S. The zero-order valence-corrected chi connectivity index (χ0v) is 16.2. The minimum Gasteiger partial charge on any atom is -0.493 e. The lowest BCUT2D eigenvalue weighted by atomic mass is 10.2. The summed E-state index contributed by atoms with van der Waals surface area (Å²) in [4.78, 5) is 7.19. The van der Waals surface area contributed by atoms with E-state index in [9.17, 15) is 0 Å². The molecule has 0 aromatic heterocycles. The molecule has 0 aliphatic carbocycles. The zero-order chi connectivity index (χ0) is 17.6. The Morgan fingerprint density at radius 2 is 2.04 bits per heavy atom. The van der Waals surface area contributed by atoms with Gasteiger partial charge in [-0.3, -0.25) is 0 Å². The average Bonchev–Trinajstić information content (AvgIpc) is 2.57. The number of thioether (sulfide) groups is 1. The second kappa shape index (κ2) is 8.51. The third-order valence-electron chi connectivity index (χ3n) is 3.92. The van der Waals surface area contributed by atoms with E-state index in [1.54, 1.807) is 14.2 Å². The van der Waals surface area contributed by atoms with E-state index < -0.39 is 0 Å². The Morgan fingerprint density at radius 3 is 2.67 bits per heavy atom. The van der Waals surface area contributed by atoms with Gasteiger partial charge in [0.05, 0.1) is 20.8 Å². The third kappa shape index (κ3) is 4.97. The van der Waals surface area contributed by atoms with E-state index in [1.165, 1.54) is 0 Å². The van der Waals surface area contributed by atoms with Crippen molar-refractivity contribution in [3.63, 3.8) is 0 Å². The van der Waals surface area contributed by atoms with Gasteiger partial charge < -0.3 is 19.7 Å². The van der Waals surface area contributed by atoms with Gasteiger partial charge in [-0.25, -0.2) is 4.99 Å². The Kier molecular flexibility index (Phi) is 6.66. The second-order valence-corrected chi connectivity index (χ2v) is 8.19. The minimum absolute atomic E-state index is 0.262. The summed E-state index contributed by atoms with van der Waals surface area (Å²) in [5, 5.41) is 3.42. The van der Waals surface area contributed by atoms with Crippen molar-refractivity contribution >= 4 is 17.7 Å². The molecule has 24 heavy (non-hydrogen) atoms. The summed E-state index contributed by atoms with van der Waals surface area (Å²) in [6.45, 7) is 10.2. The van der Waals surface area contributed by atoms with Gasteiger partial charge in [-0.1, -0.05) is 6.07 Å². The van der Waals surface area contributed by atoms with Gasteiger partial charge in [-0.15, -0.1) is 0 Å². The molecule has 1 aliphatic heterocycles. The Morgan fingerprint density at radius 1 is 1.29 bits per heavy atom. The maximum atomic E-state index is 5.37. The van der Waals surface area contributed by atoms with Crippen molar-refractivity contribution in [3.8, 4) is 11.5 Å². The van der Waals surface area contributed by atoms with Crippen LogP contribution in [0.25, 0.3) is 0 Å². The highest BCUT2D eigenvalue weighted by molar-refractivity contribution is 8.00. The highest BCUT2D eigenvalue weighted by Gasteiger charge is 2.28. The number of benzene rings is 1. The molecule has 1 aromatic rings. The van der Waals surface area contributed by atoms with E-state index in [2.05, 4.69) is 31.0 Å². The summed E-state index contributed by atoms with van der Waals surface area (Å²) in [6, 6.07) is 5.95. The summed E-state index contributed by atoms with van der Waals surface area (Å²) in [6.07, 6.45) is 0. The van der Waals surface area contributed by atoms with Gasteiger partial charge in [0.2, 0.25) is 0 Å². The molecule has 0 bridgehead atoms. The fourth-order valence-corrected chi connectivity index (χ4v) is 3.88. The van der Waals surface area contributed by atoms with E-state index in [1.807, 2.05) is 30.0 Å². The largest absolute Gasteiger partial charge is 0.493 e. The number of hydrogen-bond donors (Lipinski definition) is 1. The zero-order valence-electron chi connectivity index (χ0n) is 15.4. The Bertz CT molecular complexity index is 575. The number of methoxy groups -OCH3 is 2. The van der Waals surface area contributed by atoms with Crippen molar-refractivity contribution in [2.24, 2.45) is 4.99 Å². The first kappa shape index (κ1) is 18.8. The van der Waals surface area contributed by atoms with Crippen LogP contribution in [0.1, 0.15) is 26.3 Å². The number of guanidine groups is 1. The van der Waals surface area contributed by atoms with Crippen molar-refractivity contribution < 1.29 is 9.47 Å². The van der Waals surface area contributed by atoms with Crippen molar-refractivity contribution in [2.75, 3.05) is 39.6 Å². The van der Waals surface area contributed by atoms with Crippen LogP contribution in [-0.4, -0.2) is 55.2 Å². The molecule has 0 unspecified atom stereocenters. The molecule has 1 N–H and O–H groups in total. The van der Waals surface area contributed by atoms with Crippen LogP contribution in [0.3, 0.4) is 0 Å². The number of nitrogens with zero attached hydrogens (tertiary/aromatic N) is 2. The number of hydrogen-bond acceptors (Lipinski definition) is 4. The number of aliphatic imine (C=N–C) groups is 1. The highest BCUT2D eigenvalue weighted by atomic mass is 32.2. The molecule has 0 radical (unpaired) electrons. The smallest absolute Gasteiger partial charge is 0.194 e. The average molecular weight is 352 g/mol. The van der Waals surface area contributed by atoms with Crippen molar-refractivity contribution in [3.05, 3.63) is 23.8 Å². The molecule has 1 heterocycles. The molecule has 0 spiro atoms. The minimum atomic E-state index is 0.262. The molecular weight excluding hydrogens is 322 g/mol. The van der Waals surface area contributed by atoms with Gasteiger partial charge >= 0.3 is 0 Å². The summed E-state index contributed by atoms with van der Waals surface area (Å²) in [7, 11) is 3.30. The van der Waals surface area contributed by atoms with Crippen molar-refractivity contribution in [2.45, 2.75) is 32.1 Å². The predicted octanol–water partition coefficient (Wildman–Crippen LogP) is 3.00. The Hall–Kier alpha value is -1.56. The molecule has 2 rings (SSSR count). The molecule has 1 aliphatic rings. The standard InChI is InChI=1S/C18H29N3O2S/c1-6-19-17(21-9-10-24-18(2,3)13-21)20-12-14-7-8-15(22-4)16(11-14)23-5/h7-8,11H,6,9-10,12-13H2,1-5H3,(H,19,20). The van der Waals surface area contributed by atoms with Crippen LogP contribution in [0.15, 0.2) is 23.2 Å². The van der Waals surface area contributed by atoms with E-state index in [-0.39, 0.29) is 4.75 Å².